The van der Waals surface area contributed by atoms with Crippen molar-refractivity contribution in [3.63, 3.8) is 0 Å². The molecule has 0 unspecified atom stereocenters. The molecule has 2 rings (SSSR count). The van der Waals surface area contributed by atoms with Gasteiger partial charge in [0.25, 0.3) is 0 Å². The Kier molecular flexibility index (Phi) is 3.10. The minimum Gasteiger partial charge on any atom is -0.444 e. The fourth-order valence-electron chi connectivity index (χ4n) is 3.04. The van der Waals surface area contributed by atoms with E-state index in [9.17, 15) is 4.79 Å². The van der Waals surface area contributed by atoms with E-state index in [4.69, 9.17) is 10.5 Å². The number of nitrogens with zero attached hydrogens (tertiary/aromatic N) is 1. The van der Waals surface area contributed by atoms with E-state index in [2.05, 4.69) is 0 Å². The van der Waals surface area contributed by atoms with Crippen molar-refractivity contribution in [2.45, 2.75) is 58.1 Å². The van der Waals surface area contributed by atoms with Crippen LogP contribution in [0.2, 0.25) is 0 Å². The molecule has 0 aromatic rings. The largest absolute Gasteiger partial charge is 0.444 e. The Balaban J connectivity index is 1.92. The van der Waals surface area contributed by atoms with Crippen LogP contribution in [0.3, 0.4) is 0 Å². The van der Waals surface area contributed by atoms with Crippen LogP contribution in [-0.2, 0) is 4.74 Å². The summed E-state index contributed by atoms with van der Waals surface area (Å²) in [7, 11) is 0. The lowest BCUT2D eigenvalue weighted by atomic mass is 9.85. The topological polar surface area (TPSA) is 55.6 Å². The molecule has 1 saturated carbocycles. The molecule has 1 aliphatic heterocycles. The summed E-state index contributed by atoms with van der Waals surface area (Å²) in [6.07, 6.45) is 4.23. The van der Waals surface area contributed by atoms with E-state index in [1.54, 1.807) is 0 Å². The summed E-state index contributed by atoms with van der Waals surface area (Å²) >= 11 is 0. The highest BCUT2D eigenvalue weighted by atomic mass is 16.6. The standard InChI is InChI=1S/C13H24N2O2/c1-12(2,3)17-11(16)15-7-6-13(9-15)5-4-10(14)8-13/h10H,4-9,14H2,1-3H3/t10-,13+/m0/s1. The molecule has 1 spiro atoms. The molecule has 2 atom stereocenters. The predicted octanol–water partition coefficient (Wildman–Crippen LogP) is 2.12. The maximum absolute atomic E-state index is 12.0. The van der Waals surface area contributed by atoms with Crippen LogP contribution in [0.25, 0.3) is 0 Å². The fourth-order valence-corrected chi connectivity index (χ4v) is 3.04. The highest BCUT2D eigenvalue weighted by Gasteiger charge is 2.45. The molecule has 0 aromatic heterocycles. The first kappa shape index (κ1) is 12.7. The Labute approximate surface area is 103 Å². The Morgan fingerprint density at radius 3 is 2.65 bits per heavy atom. The predicted molar refractivity (Wildman–Crippen MR) is 66.7 cm³/mol. The Bertz CT molecular complexity index is 311. The van der Waals surface area contributed by atoms with Gasteiger partial charge in [0.05, 0.1) is 0 Å². The molecule has 0 aromatic carbocycles. The summed E-state index contributed by atoms with van der Waals surface area (Å²) in [5.74, 6) is 0. The molecule has 4 heteroatoms. The smallest absolute Gasteiger partial charge is 0.410 e. The van der Waals surface area contributed by atoms with Gasteiger partial charge in [0, 0.05) is 19.1 Å². The van der Waals surface area contributed by atoms with Crippen molar-refractivity contribution in [1.82, 2.24) is 4.90 Å². The maximum Gasteiger partial charge on any atom is 0.410 e. The van der Waals surface area contributed by atoms with Gasteiger partial charge in [0.2, 0.25) is 0 Å². The van der Waals surface area contributed by atoms with Crippen molar-refractivity contribution in [1.29, 1.82) is 0 Å². The first-order chi connectivity index (χ1) is 7.80. The van der Waals surface area contributed by atoms with E-state index in [1.165, 1.54) is 0 Å². The number of ether oxygens (including phenoxy) is 1. The van der Waals surface area contributed by atoms with Gasteiger partial charge in [-0.3, -0.25) is 0 Å². The highest BCUT2D eigenvalue weighted by molar-refractivity contribution is 5.68. The molecular formula is C13H24N2O2. The van der Waals surface area contributed by atoms with Gasteiger partial charge in [-0.1, -0.05) is 0 Å². The molecule has 98 valence electrons. The molecule has 2 aliphatic rings. The van der Waals surface area contributed by atoms with Crippen LogP contribution in [-0.4, -0.2) is 35.7 Å². The quantitative estimate of drug-likeness (QED) is 0.705. The minimum absolute atomic E-state index is 0.171. The summed E-state index contributed by atoms with van der Waals surface area (Å²) in [6.45, 7) is 7.36. The van der Waals surface area contributed by atoms with E-state index in [-0.39, 0.29) is 11.5 Å². The summed E-state index contributed by atoms with van der Waals surface area (Å²) < 4.78 is 5.41. The van der Waals surface area contributed by atoms with Gasteiger partial charge in [0.1, 0.15) is 5.60 Å². The molecule has 2 N–H and O–H groups in total. The third kappa shape index (κ3) is 2.92. The second-order valence-corrected chi connectivity index (χ2v) is 6.65. The number of rotatable bonds is 0. The zero-order chi connectivity index (χ0) is 12.7. The van der Waals surface area contributed by atoms with Gasteiger partial charge in [-0.25, -0.2) is 4.79 Å². The molecule has 17 heavy (non-hydrogen) atoms. The van der Waals surface area contributed by atoms with E-state index < -0.39 is 5.60 Å². The highest BCUT2D eigenvalue weighted by Crippen LogP contribution is 2.45. The number of hydrogen-bond acceptors (Lipinski definition) is 3. The van der Waals surface area contributed by atoms with Gasteiger partial charge in [-0.2, -0.15) is 0 Å². The maximum atomic E-state index is 12.0. The first-order valence-electron chi connectivity index (χ1n) is 6.53. The van der Waals surface area contributed by atoms with E-state index >= 15 is 0 Å². The molecular weight excluding hydrogens is 216 g/mol. The Morgan fingerprint density at radius 2 is 2.12 bits per heavy atom. The molecule has 0 radical (unpaired) electrons. The second kappa shape index (κ2) is 4.16. The van der Waals surface area contributed by atoms with Crippen molar-refractivity contribution in [3.8, 4) is 0 Å². The average Bonchev–Trinajstić information content (AvgIpc) is 2.72. The normalized spacial score (nSPS) is 33.4. The molecule has 1 aliphatic carbocycles. The van der Waals surface area contributed by atoms with Crippen LogP contribution >= 0.6 is 0 Å². The number of likely N-dealkylation sites (tertiary alicyclic amines) is 1. The third-order valence-electron chi connectivity index (χ3n) is 3.83. The molecule has 4 nitrogen and oxygen atoms in total. The molecule has 1 saturated heterocycles. The first-order valence-corrected chi connectivity index (χ1v) is 6.53. The number of nitrogens with two attached hydrogens (primary N) is 1. The van der Waals surface area contributed by atoms with Crippen molar-refractivity contribution in [2.24, 2.45) is 11.1 Å². The van der Waals surface area contributed by atoms with Crippen molar-refractivity contribution in [2.75, 3.05) is 13.1 Å². The zero-order valence-corrected chi connectivity index (χ0v) is 11.2. The summed E-state index contributed by atoms with van der Waals surface area (Å²) in [6, 6.07) is 0.327. The van der Waals surface area contributed by atoms with Crippen LogP contribution in [0.5, 0.6) is 0 Å². The van der Waals surface area contributed by atoms with Crippen molar-refractivity contribution in [3.05, 3.63) is 0 Å². The SMILES string of the molecule is CC(C)(C)OC(=O)N1CC[C@@]2(CC[C@H](N)C2)C1. The lowest BCUT2D eigenvalue weighted by Crippen LogP contribution is -2.36. The number of carbonyl (C=O) groups is 1. The average molecular weight is 240 g/mol. The van der Waals surface area contributed by atoms with Gasteiger partial charge >= 0.3 is 6.09 Å². The Hall–Kier alpha value is -0.770. The molecule has 2 fully saturated rings. The zero-order valence-electron chi connectivity index (χ0n) is 11.2. The van der Waals surface area contributed by atoms with Crippen LogP contribution in [0.4, 0.5) is 4.79 Å². The number of carbonyl (C=O) groups excluding carboxylic acids is 1. The van der Waals surface area contributed by atoms with Crippen molar-refractivity contribution < 1.29 is 9.53 Å². The lowest BCUT2D eigenvalue weighted by molar-refractivity contribution is 0.0273. The number of hydrogen-bond donors (Lipinski definition) is 1. The van der Waals surface area contributed by atoms with Gasteiger partial charge in [0.15, 0.2) is 0 Å². The summed E-state index contributed by atoms with van der Waals surface area (Å²) in [5.41, 5.74) is 5.86. The minimum atomic E-state index is -0.404. The van der Waals surface area contributed by atoms with Crippen LogP contribution in [0, 0.1) is 5.41 Å². The monoisotopic (exact) mass is 240 g/mol. The third-order valence-corrected chi connectivity index (χ3v) is 3.83. The fraction of sp³-hybridized carbons (Fsp3) is 0.923. The number of amides is 1. The summed E-state index contributed by atoms with van der Waals surface area (Å²) in [4.78, 5) is 13.8. The van der Waals surface area contributed by atoms with Crippen LogP contribution < -0.4 is 5.73 Å². The van der Waals surface area contributed by atoms with E-state index in [0.717, 1.165) is 38.8 Å². The van der Waals surface area contributed by atoms with Gasteiger partial charge in [-0.05, 0) is 51.9 Å². The van der Waals surface area contributed by atoms with Crippen LogP contribution in [0.15, 0.2) is 0 Å². The second-order valence-electron chi connectivity index (χ2n) is 6.65. The van der Waals surface area contributed by atoms with Crippen molar-refractivity contribution >= 4 is 6.09 Å². The molecule has 1 heterocycles. The van der Waals surface area contributed by atoms with Gasteiger partial charge < -0.3 is 15.4 Å². The molecule has 0 bridgehead atoms. The lowest BCUT2D eigenvalue weighted by Gasteiger charge is -2.26. The summed E-state index contributed by atoms with van der Waals surface area (Å²) in [5, 5.41) is 0. The van der Waals surface area contributed by atoms with E-state index in [0.29, 0.717) is 6.04 Å². The van der Waals surface area contributed by atoms with Gasteiger partial charge in [-0.15, -0.1) is 0 Å². The van der Waals surface area contributed by atoms with Crippen LogP contribution in [0.1, 0.15) is 46.5 Å². The van der Waals surface area contributed by atoms with E-state index in [1.807, 2.05) is 25.7 Å². The Morgan fingerprint density at radius 1 is 1.41 bits per heavy atom. The molecule has 1 amide bonds.